The second-order valence-electron chi connectivity index (χ2n) is 11.5. The summed E-state index contributed by atoms with van der Waals surface area (Å²) in [6, 6.07) is 18.4. The molecule has 0 aliphatic carbocycles. The van der Waals surface area contributed by atoms with Gasteiger partial charge in [-0.25, -0.2) is 9.98 Å². The number of hydrogen-bond donors (Lipinski definition) is 2. The Morgan fingerprint density at radius 1 is 1.02 bits per heavy atom. The van der Waals surface area contributed by atoms with E-state index in [1.54, 1.807) is 24.3 Å². The Bertz CT molecular complexity index is 1900. The zero-order valence-corrected chi connectivity index (χ0v) is 26.3. The summed E-state index contributed by atoms with van der Waals surface area (Å²) in [5.41, 5.74) is 5.51. The molecule has 1 aliphatic heterocycles. The van der Waals surface area contributed by atoms with Crippen LogP contribution >= 0.6 is 0 Å². The monoisotopic (exact) mass is 613 g/mol. The minimum absolute atomic E-state index is 0.0913. The molecule has 3 aromatic carbocycles. The number of anilines is 2. The van der Waals surface area contributed by atoms with Gasteiger partial charge < -0.3 is 10.2 Å². The number of amides is 1. The molecule has 1 aliphatic rings. The SMILES string of the molecule is CCN(CC)c1ccc(/N=C2/C(C(C)(C)C)=Nn3nc(-c4ccc(NC(=O)c5cccc(S(=O)(=O)O)c5)cc4)nc32)c(C)c1. The van der Waals surface area contributed by atoms with Gasteiger partial charge in [-0.05, 0) is 87.0 Å². The summed E-state index contributed by atoms with van der Waals surface area (Å²) < 4.78 is 32.1. The summed E-state index contributed by atoms with van der Waals surface area (Å²) in [4.78, 5) is 26.0. The number of rotatable bonds is 8. The maximum atomic E-state index is 12.7. The van der Waals surface area contributed by atoms with Crippen LogP contribution in [0.3, 0.4) is 0 Å². The van der Waals surface area contributed by atoms with E-state index in [1.165, 1.54) is 23.0 Å². The minimum Gasteiger partial charge on any atom is -0.372 e. The summed E-state index contributed by atoms with van der Waals surface area (Å²) in [5, 5.41) is 12.1. The summed E-state index contributed by atoms with van der Waals surface area (Å²) in [6.45, 7) is 14.4. The summed E-state index contributed by atoms with van der Waals surface area (Å²) in [6.07, 6.45) is 0. The van der Waals surface area contributed by atoms with Crippen molar-refractivity contribution in [1.82, 2.24) is 14.9 Å². The maximum Gasteiger partial charge on any atom is 0.294 e. The van der Waals surface area contributed by atoms with Crippen LogP contribution < -0.4 is 10.2 Å². The van der Waals surface area contributed by atoms with Crippen molar-refractivity contribution >= 4 is 44.5 Å². The van der Waals surface area contributed by atoms with Crippen LogP contribution in [0.1, 0.15) is 56.4 Å². The van der Waals surface area contributed by atoms with Crippen molar-refractivity contribution in [2.45, 2.75) is 46.4 Å². The van der Waals surface area contributed by atoms with Gasteiger partial charge in [-0.3, -0.25) is 9.35 Å². The molecule has 0 bridgehead atoms. The van der Waals surface area contributed by atoms with Gasteiger partial charge in [-0.1, -0.05) is 26.8 Å². The summed E-state index contributed by atoms with van der Waals surface area (Å²) >= 11 is 0. The van der Waals surface area contributed by atoms with E-state index in [0.29, 0.717) is 28.6 Å². The largest absolute Gasteiger partial charge is 0.372 e. The Kier molecular flexibility index (Phi) is 8.23. The minimum atomic E-state index is -4.43. The molecule has 1 aromatic heterocycles. The lowest BCUT2D eigenvalue weighted by Gasteiger charge is -2.22. The fourth-order valence-electron chi connectivity index (χ4n) is 4.87. The normalized spacial score (nSPS) is 14.0. The molecule has 2 heterocycles. The van der Waals surface area contributed by atoms with E-state index in [9.17, 15) is 17.8 Å². The zero-order chi connectivity index (χ0) is 31.8. The van der Waals surface area contributed by atoms with Gasteiger partial charge >= 0.3 is 0 Å². The molecular weight excluding hydrogens is 578 g/mol. The second kappa shape index (κ2) is 11.8. The molecule has 0 atom stereocenters. The van der Waals surface area contributed by atoms with E-state index in [-0.39, 0.29) is 15.9 Å². The highest BCUT2D eigenvalue weighted by atomic mass is 32.2. The number of aryl methyl sites for hydroxylation is 1. The molecule has 0 unspecified atom stereocenters. The zero-order valence-electron chi connectivity index (χ0n) is 25.5. The Morgan fingerprint density at radius 2 is 1.73 bits per heavy atom. The lowest BCUT2D eigenvalue weighted by atomic mass is 9.87. The Labute approximate surface area is 257 Å². The van der Waals surface area contributed by atoms with Gasteiger partial charge in [0.25, 0.3) is 16.0 Å². The molecule has 5 rings (SSSR count). The molecule has 11 nitrogen and oxygen atoms in total. The number of carbonyl (C=O) groups is 1. The average Bonchev–Trinajstić information content (AvgIpc) is 3.54. The van der Waals surface area contributed by atoms with Crippen LogP contribution in [-0.2, 0) is 10.1 Å². The molecule has 0 saturated carbocycles. The number of carbonyl (C=O) groups excluding carboxylic acids is 1. The molecular formula is C32H35N7O4S. The molecule has 12 heteroatoms. The Morgan fingerprint density at radius 3 is 2.34 bits per heavy atom. The molecule has 0 spiro atoms. The fourth-order valence-corrected chi connectivity index (χ4v) is 5.40. The quantitative estimate of drug-likeness (QED) is 0.233. The summed E-state index contributed by atoms with van der Waals surface area (Å²) in [7, 11) is -4.43. The van der Waals surface area contributed by atoms with Gasteiger partial charge in [0.2, 0.25) is 5.82 Å². The predicted molar refractivity (Wildman–Crippen MR) is 173 cm³/mol. The van der Waals surface area contributed by atoms with Gasteiger partial charge in [0, 0.05) is 41.0 Å². The first-order chi connectivity index (χ1) is 20.8. The Hall–Kier alpha value is -4.68. The van der Waals surface area contributed by atoms with Crippen LogP contribution in [-0.4, -0.2) is 58.3 Å². The third-order valence-electron chi connectivity index (χ3n) is 7.27. The standard InChI is InChI=1S/C32H35N7O4S/c1-7-38(8-2)24-16-17-26(20(3)18-24)34-27-28(32(4,5)6)36-39-30(27)35-29(37-39)21-12-14-23(15-13-21)33-31(40)22-10-9-11-25(19-22)44(41,42)43/h9-19H,7-8H2,1-6H3,(H,33,40)(H,41,42,43)/b34-27-. The van der Waals surface area contributed by atoms with Crippen molar-refractivity contribution in [2.24, 2.45) is 15.5 Å². The number of hydrogen-bond acceptors (Lipinski definition) is 8. The van der Waals surface area contributed by atoms with Crippen LogP contribution in [0.2, 0.25) is 0 Å². The van der Waals surface area contributed by atoms with Crippen molar-refractivity contribution in [3.63, 3.8) is 0 Å². The van der Waals surface area contributed by atoms with E-state index in [4.69, 9.17) is 15.1 Å². The number of benzene rings is 3. The lowest BCUT2D eigenvalue weighted by molar-refractivity contribution is 0.102. The first kappa shape index (κ1) is 30.8. The van der Waals surface area contributed by atoms with Crippen molar-refractivity contribution in [2.75, 3.05) is 23.3 Å². The average molecular weight is 614 g/mol. The fraction of sp³-hybridized carbons (Fsp3) is 0.281. The van der Waals surface area contributed by atoms with Crippen molar-refractivity contribution in [3.05, 3.63) is 83.7 Å². The lowest BCUT2D eigenvalue weighted by Crippen LogP contribution is -2.27. The highest BCUT2D eigenvalue weighted by Crippen LogP contribution is 2.31. The topological polar surface area (TPSA) is 142 Å². The number of nitrogens with one attached hydrogen (secondary N) is 1. The van der Waals surface area contributed by atoms with Crippen LogP contribution in [0.15, 0.2) is 81.7 Å². The van der Waals surface area contributed by atoms with Crippen LogP contribution in [0.5, 0.6) is 0 Å². The molecule has 0 fully saturated rings. The smallest absolute Gasteiger partial charge is 0.294 e. The van der Waals surface area contributed by atoms with Gasteiger partial charge in [0.1, 0.15) is 5.71 Å². The third kappa shape index (κ3) is 6.31. The molecule has 228 valence electrons. The molecule has 1 amide bonds. The van der Waals surface area contributed by atoms with E-state index < -0.39 is 16.0 Å². The van der Waals surface area contributed by atoms with Gasteiger partial charge in [0.15, 0.2) is 5.82 Å². The highest BCUT2D eigenvalue weighted by molar-refractivity contribution is 7.85. The molecule has 4 aromatic rings. The maximum absolute atomic E-state index is 12.7. The van der Waals surface area contributed by atoms with Gasteiger partial charge in [-0.15, -0.1) is 9.89 Å². The number of fused-ring (bicyclic) bond motifs is 1. The summed E-state index contributed by atoms with van der Waals surface area (Å²) in [5.74, 6) is 0.484. The van der Waals surface area contributed by atoms with Crippen LogP contribution in [0.4, 0.5) is 17.1 Å². The Balaban J connectivity index is 1.42. The van der Waals surface area contributed by atoms with Gasteiger partial charge in [-0.2, -0.15) is 13.5 Å². The number of nitrogens with zero attached hydrogens (tertiary/aromatic N) is 6. The van der Waals surface area contributed by atoms with E-state index in [2.05, 4.69) is 69.0 Å². The van der Waals surface area contributed by atoms with Gasteiger partial charge in [0.05, 0.1) is 16.3 Å². The van der Waals surface area contributed by atoms with Crippen molar-refractivity contribution in [1.29, 1.82) is 0 Å². The van der Waals surface area contributed by atoms with Crippen molar-refractivity contribution < 1.29 is 17.8 Å². The van der Waals surface area contributed by atoms with E-state index in [0.717, 1.165) is 41.8 Å². The molecule has 0 saturated heterocycles. The molecule has 2 N–H and O–H groups in total. The van der Waals surface area contributed by atoms with E-state index in [1.807, 2.05) is 6.07 Å². The van der Waals surface area contributed by atoms with Crippen LogP contribution in [0, 0.1) is 12.3 Å². The second-order valence-corrected chi connectivity index (χ2v) is 12.9. The number of aliphatic imine (C=N–C) groups is 1. The third-order valence-corrected chi connectivity index (χ3v) is 8.12. The first-order valence-corrected chi connectivity index (χ1v) is 15.7. The van der Waals surface area contributed by atoms with E-state index >= 15 is 0 Å². The first-order valence-electron chi connectivity index (χ1n) is 14.3. The molecule has 44 heavy (non-hydrogen) atoms. The molecule has 0 radical (unpaired) electrons. The van der Waals surface area contributed by atoms with Crippen molar-refractivity contribution in [3.8, 4) is 11.4 Å². The number of aromatic nitrogens is 3. The van der Waals surface area contributed by atoms with Crippen LogP contribution in [0.25, 0.3) is 11.4 Å². The highest BCUT2D eigenvalue weighted by Gasteiger charge is 2.35. The predicted octanol–water partition coefficient (Wildman–Crippen LogP) is 5.98.